The van der Waals surface area contributed by atoms with Gasteiger partial charge < -0.3 is 10.1 Å². The number of rotatable bonds is 4. The molecule has 0 fully saturated rings. The van der Waals surface area contributed by atoms with Crippen LogP contribution in [0.3, 0.4) is 0 Å². The standard InChI is InChI=1S/C18H21N3OS/c1-12-8-13(2)17(14(3)9-12)11-19-21-18(23)20-15-6-5-7-16(10-15)22-4/h5-11H,1-4H3,(H2,20,21,23)/b19-11-. The predicted molar refractivity (Wildman–Crippen MR) is 101 cm³/mol. The van der Waals surface area contributed by atoms with Gasteiger partial charge in [-0.15, -0.1) is 0 Å². The van der Waals surface area contributed by atoms with E-state index in [0.29, 0.717) is 5.11 Å². The lowest BCUT2D eigenvalue weighted by Crippen LogP contribution is -2.23. The van der Waals surface area contributed by atoms with Crippen molar-refractivity contribution in [3.05, 3.63) is 58.7 Å². The van der Waals surface area contributed by atoms with Gasteiger partial charge in [-0.1, -0.05) is 23.8 Å². The summed E-state index contributed by atoms with van der Waals surface area (Å²) in [6, 6.07) is 11.8. The normalized spacial score (nSPS) is 10.6. The van der Waals surface area contributed by atoms with E-state index < -0.39 is 0 Å². The lowest BCUT2D eigenvalue weighted by molar-refractivity contribution is 0.415. The van der Waals surface area contributed by atoms with Gasteiger partial charge in [0.25, 0.3) is 0 Å². The first-order valence-electron chi connectivity index (χ1n) is 7.31. The second-order valence-corrected chi connectivity index (χ2v) is 5.78. The largest absolute Gasteiger partial charge is 0.497 e. The Labute approximate surface area is 142 Å². The summed E-state index contributed by atoms with van der Waals surface area (Å²) in [5.74, 6) is 0.771. The van der Waals surface area contributed by atoms with Crippen molar-refractivity contribution in [1.29, 1.82) is 0 Å². The molecule has 0 saturated carbocycles. The number of thiocarbonyl (C=S) groups is 1. The van der Waals surface area contributed by atoms with Crippen molar-refractivity contribution in [1.82, 2.24) is 5.43 Å². The summed E-state index contributed by atoms with van der Waals surface area (Å²) >= 11 is 5.24. The van der Waals surface area contributed by atoms with Gasteiger partial charge in [0.2, 0.25) is 0 Å². The number of nitrogens with zero attached hydrogens (tertiary/aromatic N) is 1. The van der Waals surface area contributed by atoms with Gasteiger partial charge >= 0.3 is 0 Å². The average molecular weight is 327 g/mol. The van der Waals surface area contributed by atoms with Crippen molar-refractivity contribution in [3.63, 3.8) is 0 Å². The van der Waals surface area contributed by atoms with Crippen LogP contribution in [0.5, 0.6) is 5.75 Å². The average Bonchev–Trinajstić information content (AvgIpc) is 2.50. The Kier molecular flexibility index (Phi) is 5.71. The number of hydrogen-bond acceptors (Lipinski definition) is 3. The highest BCUT2D eigenvalue weighted by Gasteiger charge is 2.02. The molecule has 0 spiro atoms. The summed E-state index contributed by atoms with van der Waals surface area (Å²) in [7, 11) is 1.63. The smallest absolute Gasteiger partial charge is 0.191 e. The second-order valence-electron chi connectivity index (χ2n) is 5.37. The Morgan fingerprint density at radius 1 is 1.13 bits per heavy atom. The first-order valence-corrected chi connectivity index (χ1v) is 7.72. The quantitative estimate of drug-likeness (QED) is 0.507. The van der Waals surface area contributed by atoms with Crippen LogP contribution in [0.15, 0.2) is 41.5 Å². The van der Waals surface area contributed by atoms with Crippen LogP contribution in [0.2, 0.25) is 0 Å². The van der Waals surface area contributed by atoms with Gasteiger partial charge in [-0.05, 0) is 56.2 Å². The summed E-state index contributed by atoms with van der Waals surface area (Å²) in [6.45, 7) is 6.24. The van der Waals surface area contributed by atoms with E-state index >= 15 is 0 Å². The molecule has 0 amide bonds. The molecule has 4 nitrogen and oxygen atoms in total. The van der Waals surface area contributed by atoms with Gasteiger partial charge in [-0.25, -0.2) is 0 Å². The molecule has 0 aliphatic rings. The molecular formula is C18H21N3OS. The molecule has 2 rings (SSSR count). The van der Waals surface area contributed by atoms with Gasteiger partial charge in [0.05, 0.1) is 13.3 Å². The number of ether oxygens (including phenoxy) is 1. The van der Waals surface area contributed by atoms with Crippen LogP contribution in [-0.4, -0.2) is 18.4 Å². The number of nitrogens with one attached hydrogen (secondary N) is 2. The first kappa shape index (κ1) is 17.0. The molecule has 0 aliphatic carbocycles. The molecule has 0 aromatic heterocycles. The van der Waals surface area contributed by atoms with Crippen molar-refractivity contribution in [3.8, 4) is 5.75 Å². The third-order valence-electron chi connectivity index (χ3n) is 3.43. The predicted octanol–water partition coefficient (Wildman–Crippen LogP) is 3.94. The molecule has 2 N–H and O–H groups in total. The number of aryl methyl sites for hydroxylation is 3. The zero-order valence-corrected chi connectivity index (χ0v) is 14.6. The molecule has 0 radical (unpaired) electrons. The van der Waals surface area contributed by atoms with Crippen LogP contribution in [0.25, 0.3) is 0 Å². The Hall–Kier alpha value is -2.40. The summed E-state index contributed by atoms with van der Waals surface area (Å²) in [6.07, 6.45) is 1.80. The highest BCUT2D eigenvalue weighted by atomic mass is 32.1. The van der Waals surface area contributed by atoms with Crippen LogP contribution < -0.4 is 15.5 Å². The minimum atomic E-state index is 0.428. The van der Waals surface area contributed by atoms with Gasteiger partial charge in [0, 0.05) is 17.3 Å². The fourth-order valence-electron chi connectivity index (χ4n) is 2.41. The van der Waals surface area contributed by atoms with E-state index in [0.717, 1.165) is 17.0 Å². The van der Waals surface area contributed by atoms with E-state index in [1.165, 1.54) is 16.7 Å². The summed E-state index contributed by atoms with van der Waals surface area (Å²) in [5, 5.41) is 7.72. The fraction of sp³-hybridized carbons (Fsp3) is 0.222. The van der Waals surface area contributed by atoms with E-state index in [4.69, 9.17) is 17.0 Å². The zero-order valence-electron chi connectivity index (χ0n) is 13.8. The molecule has 5 heteroatoms. The van der Waals surface area contributed by atoms with Crippen molar-refractivity contribution >= 4 is 29.2 Å². The van der Waals surface area contributed by atoms with Crippen LogP contribution in [0.4, 0.5) is 5.69 Å². The Bertz CT molecular complexity index is 718. The van der Waals surface area contributed by atoms with Gasteiger partial charge in [-0.3, -0.25) is 5.43 Å². The fourth-order valence-corrected chi connectivity index (χ4v) is 2.58. The van der Waals surface area contributed by atoms with E-state index in [-0.39, 0.29) is 0 Å². The monoisotopic (exact) mass is 327 g/mol. The summed E-state index contributed by atoms with van der Waals surface area (Å²) < 4.78 is 5.18. The van der Waals surface area contributed by atoms with Crippen molar-refractivity contribution in [2.24, 2.45) is 5.10 Å². The maximum atomic E-state index is 5.24. The zero-order chi connectivity index (χ0) is 16.8. The van der Waals surface area contributed by atoms with Crippen molar-refractivity contribution in [2.45, 2.75) is 20.8 Å². The third-order valence-corrected chi connectivity index (χ3v) is 3.62. The molecule has 0 heterocycles. The molecule has 0 aliphatic heterocycles. The highest BCUT2D eigenvalue weighted by Crippen LogP contribution is 2.16. The van der Waals surface area contributed by atoms with Crippen molar-refractivity contribution in [2.75, 3.05) is 12.4 Å². The number of methoxy groups -OCH3 is 1. The van der Waals surface area contributed by atoms with Gasteiger partial charge in [0.1, 0.15) is 5.75 Å². The Morgan fingerprint density at radius 3 is 2.48 bits per heavy atom. The van der Waals surface area contributed by atoms with E-state index in [1.807, 2.05) is 24.3 Å². The van der Waals surface area contributed by atoms with Crippen molar-refractivity contribution < 1.29 is 4.74 Å². The minimum absolute atomic E-state index is 0.428. The van der Waals surface area contributed by atoms with Crippen LogP contribution in [-0.2, 0) is 0 Å². The topological polar surface area (TPSA) is 45.6 Å². The lowest BCUT2D eigenvalue weighted by atomic mass is 10.0. The molecule has 0 saturated heterocycles. The number of hydrazone groups is 1. The molecule has 2 aromatic carbocycles. The van der Waals surface area contributed by atoms with Crippen LogP contribution in [0, 0.1) is 20.8 Å². The minimum Gasteiger partial charge on any atom is -0.497 e. The first-order chi connectivity index (χ1) is 11.0. The number of anilines is 1. The lowest BCUT2D eigenvalue weighted by Gasteiger charge is -2.09. The van der Waals surface area contributed by atoms with E-state index in [9.17, 15) is 0 Å². The second kappa shape index (κ2) is 7.74. The number of benzene rings is 2. The molecule has 2 aromatic rings. The van der Waals surface area contributed by atoms with Crippen LogP contribution in [0.1, 0.15) is 22.3 Å². The molecule has 0 bridgehead atoms. The molecule has 0 atom stereocenters. The number of hydrogen-bond donors (Lipinski definition) is 2. The molecular weight excluding hydrogens is 306 g/mol. The highest BCUT2D eigenvalue weighted by molar-refractivity contribution is 7.80. The third kappa shape index (κ3) is 4.79. The Balaban J connectivity index is 1.99. The van der Waals surface area contributed by atoms with E-state index in [1.54, 1.807) is 13.3 Å². The Morgan fingerprint density at radius 2 is 1.83 bits per heavy atom. The molecule has 120 valence electrons. The van der Waals surface area contributed by atoms with Crippen LogP contribution >= 0.6 is 12.2 Å². The van der Waals surface area contributed by atoms with Gasteiger partial charge in [0.15, 0.2) is 5.11 Å². The van der Waals surface area contributed by atoms with E-state index in [2.05, 4.69) is 48.7 Å². The maximum Gasteiger partial charge on any atom is 0.191 e. The summed E-state index contributed by atoms with van der Waals surface area (Å²) in [5.41, 5.74) is 8.42. The maximum absolute atomic E-state index is 5.24. The van der Waals surface area contributed by atoms with Gasteiger partial charge in [-0.2, -0.15) is 5.10 Å². The SMILES string of the molecule is COc1cccc(NC(=S)N/N=C\c2c(C)cc(C)cc2C)c1. The summed E-state index contributed by atoms with van der Waals surface area (Å²) in [4.78, 5) is 0. The molecule has 23 heavy (non-hydrogen) atoms. The molecule has 0 unspecified atom stereocenters.